The lowest BCUT2D eigenvalue weighted by Crippen LogP contribution is -2.19. The highest BCUT2D eigenvalue weighted by Gasteiger charge is 1.99. The summed E-state index contributed by atoms with van der Waals surface area (Å²) in [5.41, 5.74) is 2.58. The lowest BCUT2D eigenvalue weighted by Gasteiger charge is -2.19. The molecule has 0 aliphatic carbocycles. The van der Waals surface area contributed by atoms with Crippen molar-refractivity contribution in [1.82, 2.24) is 4.90 Å². The average molecular weight is 214 g/mol. The van der Waals surface area contributed by atoms with Gasteiger partial charge in [0.1, 0.15) is 0 Å². The van der Waals surface area contributed by atoms with Crippen molar-refractivity contribution in [3.05, 3.63) is 11.8 Å². The van der Waals surface area contributed by atoms with Gasteiger partial charge in [-0.15, -0.1) is 0 Å². The maximum absolute atomic E-state index is 4.42. The lowest BCUT2D eigenvalue weighted by molar-refractivity contribution is 0.472. The summed E-state index contributed by atoms with van der Waals surface area (Å²) in [6, 6.07) is 0. The second-order valence-electron chi connectivity index (χ2n) is 3.12. The fourth-order valence-corrected chi connectivity index (χ4v) is 2.13. The molecule has 0 heterocycles. The van der Waals surface area contributed by atoms with Crippen molar-refractivity contribution in [2.75, 3.05) is 19.4 Å². The van der Waals surface area contributed by atoms with Gasteiger partial charge < -0.3 is 4.90 Å². The number of hydrogen-bond acceptors (Lipinski definition) is 2. The van der Waals surface area contributed by atoms with Crippen molar-refractivity contribution < 1.29 is 0 Å². The Morgan fingerprint density at radius 2 is 2.08 bits per heavy atom. The van der Waals surface area contributed by atoms with Crippen LogP contribution >= 0.6 is 0 Å². The van der Waals surface area contributed by atoms with Gasteiger partial charge >= 0.3 is 0 Å². The normalized spacial score (nSPS) is 13.8. The van der Waals surface area contributed by atoms with Gasteiger partial charge in [-0.3, -0.25) is 4.99 Å². The molecule has 0 aromatic rings. The van der Waals surface area contributed by atoms with Crippen LogP contribution in [0.1, 0.15) is 20.3 Å². The Hall–Kier alpha value is -0.356. The van der Waals surface area contributed by atoms with E-state index in [1.807, 2.05) is 0 Å². The van der Waals surface area contributed by atoms with E-state index in [1.165, 1.54) is 27.8 Å². The maximum Gasteiger partial charge on any atom is 0.0330 e. The zero-order chi connectivity index (χ0) is 10.3. The molecule has 2 nitrogen and oxygen atoms in total. The highest BCUT2D eigenvalue weighted by Crippen LogP contribution is 2.05. The molecule has 0 atom stereocenters. The summed E-state index contributed by atoms with van der Waals surface area (Å²) < 4.78 is 0. The van der Waals surface area contributed by atoms with Gasteiger partial charge in [-0.1, -0.05) is 6.92 Å². The van der Waals surface area contributed by atoms with Crippen molar-refractivity contribution in [2.24, 2.45) is 4.99 Å². The van der Waals surface area contributed by atoms with E-state index in [0.717, 1.165) is 22.8 Å². The number of nitrogens with zero attached hydrogens (tertiary/aromatic N) is 2. The van der Waals surface area contributed by atoms with E-state index in [2.05, 4.69) is 36.9 Å². The molecule has 0 aliphatic heterocycles. The maximum atomic E-state index is 4.42. The van der Waals surface area contributed by atoms with Gasteiger partial charge in [-0.05, 0) is 19.4 Å². The molecule has 0 rings (SSSR count). The van der Waals surface area contributed by atoms with E-state index in [9.17, 15) is 0 Å². The van der Waals surface area contributed by atoms with Crippen molar-refractivity contribution in [1.29, 1.82) is 0 Å². The van der Waals surface area contributed by atoms with Crippen LogP contribution < -0.4 is 0 Å². The molecular formula is C9H22N2Si2. The van der Waals surface area contributed by atoms with Gasteiger partial charge in [0.15, 0.2) is 0 Å². The number of hydrogen-bond donors (Lipinski definition) is 0. The summed E-state index contributed by atoms with van der Waals surface area (Å²) >= 11 is 0. The first-order chi connectivity index (χ1) is 6.15. The first-order valence-corrected chi connectivity index (χ1v) is 7.91. The van der Waals surface area contributed by atoms with E-state index in [-0.39, 0.29) is 0 Å². The molecule has 0 saturated carbocycles. The molecule has 4 heteroatoms. The fraction of sp³-hybridized carbons (Fsp3) is 0.667. The molecule has 0 aromatic carbocycles. The molecule has 0 aromatic heterocycles. The molecule has 0 radical (unpaired) electrons. The van der Waals surface area contributed by atoms with Crippen LogP contribution in [-0.2, 0) is 0 Å². The Morgan fingerprint density at radius 1 is 1.46 bits per heavy atom. The monoisotopic (exact) mass is 214 g/mol. The first-order valence-electron chi connectivity index (χ1n) is 5.08. The Kier molecular flexibility index (Phi) is 6.89. The fourth-order valence-electron chi connectivity index (χ4n) is 1.22. The standard InChI is InChI=1S/C9H22N2Si2/c1-4-9(11(3)7-13)5-8(2)10-6-12/h5H,4,6-7H2,1-3,12-13H3/b9-5-,10-8?. The quantitative estimate of drug-likeness (QED) is 0.437. The molecule has 0 saturated heterocycles. The number of rotatable bonds is 5. The average Bonchev–Trinajstić information content (AvgIpc) is 2.13. The number of allylic oxidation sites excluding steroid dienone is 2. The van der Waals surface area contributed by atoms with Crippen LogP contribution in [0.5, 0.6) is 0 Å². The third-order valence-electron chi connectivity index (χ3n) is 2.11. The molecule has 0 fully saturated rings. The number of aliphatic imine (C=N–C) groups is 1. The summed E-state index contributed by atoms with van der Waals surface area (Å²) in [5, 5.41) is 0. The van der Waals surface area contributed by atoms with Gasteiger partial charge in [0.2, 0.25) is 0 Å². The van der Waals surface area contributed by atoms with E-state index in [1.54, 1.807) is 0 Å². The second-order valence-corrected chi connectivity index (χ2v) is 4.38. The van der Waals surface area contributed by atoms with E-state index < -0.39 is 0 Å². The molecule has 0 bridgehead atoms. The van der Waals surface area contributed by atoms with E-state index in [4.69, 9.17) is 0 Å². The van der Waals surface area contributed by atoms with E-state index in [0.29, 0.717) is 0 Å². The van der Waals surface area contributed by atoms with Crippen LogP contribution in [0.2, 0.25) is 0 Å². The molecule has 0 spiro atoms. The van der Waals surface area contributed by atoms with Crippen molar-refractivity contribution in [2.45, 2.75) is 20.3 Å². The minimum absolute atomic E-state index is 1.02. The second kappa shape index (κ2) is 7.09. The molecular weight excluding hydrogens is 192 g/mol. The smallest absolute Gasteiger partial charge is 0.0330 e. The van der Waals surface area contributed by atoms with Crippen LogP contribution in [0.4, 0.5) is 0 Å². The minimum atomic E-state index is 1.02. The van der Waals surface area contributed by atoms with Gasteiger partial charge in [-0.2, -0.15) is 0 Å². The van der Waals surface area contributed by atoms with Crippen molar-refractivity contribution in [3.8, 4) is 0 Å². The predicted octanol–water partition coefficient (Wildman–Crippen LogP) is -0.681. The zero-order valence-electron chi connectivity index (χ0n) is 9.59. The summed E-state index contributed by atoms with van der Waals surface area (Å²) in [6.45, 7) is 4.29. The predicted molar refractivity (Wildman–Crippen MR) is 68.9 cm³/mol. The van der Waals surface area contributed by atoms with Crippen LogP contribution in [-0.4, -0.2) is 50.5 Å². The topological polar surface area (TPSA) is 15.6 Å². The van der Waals surface area contributed by atoms with Gasteiger partial charge in [0.05, 0.1) is 0 Å². The Bertz CT molecular complexity index is 200. The third kappa shape index (κ3) is 5.05. The molecule has 76 valence electrons. The van der Waals surface area contributed by atoms with E-state index >= 15 is 0 Å². The van der Waals surface area contributed by atoms with Gasteiger partial charge in [0, 0.05) is 51.3 Å². The molecule has 0 unspecified atom stereocenters. The van der Waals surface area contributed by atoms with Crippen molar-refractivity contribution >= 4 is 26.2 Å². The Balaban J connectivity index is 4.46. The molecule has 13 heavy (non-hydrogen) atoms. The summed E-state index contributed by atoms with van der Waals surface area (Å²) in [6.07, 6.45) is 5.54. The molecule has 0 aliphatic rings. The highest BCUT2D eigenvalue weighted by atomic mass is 28.1. The summed E-state index contributed by atoms with van der Waals surface area (Å²) in [4.78, 5) is 6.75. The lowest BCUT2D eigenvalue weighted by atomic mass is 10.2. The van der Waals surface area contributed by atoms with Gasteiger partial charge in [0.25, 0.3) is 0 Å². The Morgan fingerprint density at radius 3 is 2.46 bits per heavy atom. The highest BCUT2D eigenvalue weighted by molar-refractivity contribution is 6.10. The summed E-state index contributed by atoms with van der Waals surface area (Å²) in [7, 11) is 4.56. The largest absolute Gasteiger partial charge is 0.382 e. The van der Waals surface area contributed by atoms with Crippen LogP contribution in [0.3, 0.4) is 0 Å². The molecule has 0 N–H and O–H groups in total. The summed E-state index contributed by atoms with van der Waals surface area (Å²) in [5.74, 6) is 0. The SMILES string of the molecule is CC/C(=C/C(C)=NC[SiH3])N(C)C[SiH3]. The van der Waals surface area contributed by atoms with Crippen molar-refractivity contribution in [3.63, 3.8) is 0 Å². The third-order valence-corrected chi connectivity index (χ3v) is 3.37. The first kappa shape index (κ1) is 12.6. The zero-order valence-corrected chi connectivity index (χ0v) is 13.6. The minimum Gasteiger partial charge on any atom is -0.382 e. The Labute approximate surface area is 88.0 Å². The van der Waals surface area contributed by atoms with Crippen LogP contribution in [0.25, 0.3) is 0 Å². The van der Waals surface area contributed by atoms with Crippen LogP contribution in [0.15, 0.2) is 16.8 Å². The van der Waals surface area contributed by atoms with Crippen LogP contribution in [0, 0.1) is 0 Å². The molecule has 0 amide bonds. The van der Waals surface area contributed by atoms with Gasteiger partial charge in [-0.25, -0.2) is 0 Å².